The minimum absolute atomic E-state index is 0.104. The van der Waals surface area contributed by atoms with Crippen LogP contribution in [0, 0.1) is 0 Å². The van der Waals surface area contributed by atoms with Crippen LogP contribution < -0.4 is 9.47 Å². The summed E-state index contributed by atoms with van der Waals surface area (Å²) >= 11 is 0. The molecule has 0 radical (unpaired) electrons. The Bertz CT molecular complexity index is 1260. The Balaban J connectivity index is 1.52. The third-order valence-corrected chi connectivity index (χ3v) is 5.58. The number of hydrogen-bond donors (Lipinski definition) is 0. The molecule has 1 amide bonds. The number of amides is 1. The molecule has 0 N–H and O–H groups in total. The molecule has 2 aromatic carbocycles. The maximum atomic E-state index is 13.8. The van der Waals surface area contributed by atoms with Gasteiger partial charge in [-0.05, 0) is 37.3 Å². The van der Waals surface area contributed by atoms with E-state index in [0.29, 0.717) is 43.3 Å². The molecule has 0 saturated carbocycles. The normalized spacial score (nSPS) is 12.4. The van der Waals surface area contributed by atoms with Crippen LogP contribution >= 0.6 is 0 Å². The van der Waals surface area contributed by atoms with Crippen LogP contribution in [-0.4, -0.2) is 45.3 Å². The van der Waals surface area contributed by atoms with Gasteiger partial charge < -0.3 is 14.4 Å². The first-order valence-electron chi connectivity index (χ1n) is 11.0. The van der Waals surface area contributed by atoms with Crippen molar-refractivity contribution in [3.8, 4) is 28.4 Å². The summed E-state index contributed by atoms with van der Waals surface area (Å²) in [7, 11) is 0. The highest BCUT2D eigenvalue weighted by Gasteiger charge is 2.25. The molecule has 7 nitrogen and oxygen atoms in total. The molecule has 0 fully saturated rings. The molecule has 5 rings (SSSR count). The topological polar surface area (TPSA) is 69.5 Å². The summed E-state index contributed by atoms with van der Waals surface area (Å²) in [6.45, 7) is 3.94. The van der Waals surface area contributed by atoms with Crippen molar-refractivity contribution in [2.75, 3.05) is 19.8 Å². The Morgan fingerprint density at radius 3 is 2.67 bits per heavy atom. The Kier molecular flexibility index (Phi) is 5.76. The molecule has 33 heavy (non-hydrogen) atoms. The number of aromatic nitrogens is 3. The Morgan fingerprint density at radius 2 is 1.88 bits per heavy atom. The van der Waals surface area contributed by atoms with E-state index in [1.54, 1.807) is 28.2 Å². The van der Waals surface area contributed by atoms with Crippen LogP contribution in [0.1, 0.15) is 22.8 Å². The number of hydrogen-bond acceptors (Lipinski definition) is 5. The quantitative estimate of drug-likeness (QED) is 0.445. The number of nitrogens with zero attached hydrogens (tertiary/aromatic N) is 4. The molecule has 4 aromatic rings. The molecule has 3 heterocycles. The van der Waals surface area contributed by atoms with E-state index < -0.39 is 0 Å². The van der Waals surface area contributed by atoms with Gasteiger partial charge in [-0.3, -0.25) is 9.78 Å². The van der Waals surface area contributed by atoms with Crippen molar-refractivity contribution < 1.29 is 14.3 Å². The van der Waals surface area contributed by atoms with Gasteiger partial charge in [-0.1, -0.05) is 30.3 Å². The lowest BCUT2D eigenvalue weighted by Crippen LogP contribution is -2.31. The van der Waals surface area contributed by atoms with Crippen LogP contribution in [0.2, 0.25) is 0 Å². The molecule has 1 aliphatic heterocycles. The van der Waals surface area contributed by atoms with E-state index in [4.69, 9.17) is 14.6 Å². The average Bonchev–Trinajstić information content (AvgIpc) is 3.34. The number of carbonyl (C=O) groups is 1. The summed E-state index contributed by atoms with van der Waals surface area (Å²) < 4.78 is 13.3. The minimum Gasteiger partial charge on any atom is -0.486 e. The summed E-state index contributed by atoms with van der Waals surface area (Å²) in [5, 5.41) is 4.75. The highest BCUT2D eigenvalue weighted by Crippen LogP contribution is 2.35. The SMILES string of the molecule is CCN(Cc1cccc2c1OCCO2)C(=O)c1cn(-c2ccccc2)nc1-c1cccnc1. The zero-order chi connectivity index (χ0) is 22.6. The van der Waals surface area contributed by atoms with Crippen LogP contribution in [0.3, 0.4) is 0 Å². The van der Waals surface area contributed by atoms with Gasteiger partial charge in [-0.2, -0.15) is 5.10 Å². The van der Waals surface area contributed by atoms with Crippen LogP contribution in [-0.2, 0) is 6.54 Å². The number of carbonyl (C=O) groups excluding carboxylic acids is 1. The second kappa shape index (κ2) is 9.16. The average molecular weight is 441 g/mol. The molecule has 0 atom stereocenters. The van der Waals surface area contributed by atoms with E-state index >= 15 is 0 Å². The third-order valence-electron chi connectivity index (χ3n) is 5.58. The molecule has 7 heteroatoms. The fourth-order valence-corrected chi connectivity index (χ4v) is 3.92. The highest BCUT2D eigenvalue weighted by molar-refractivity contribution is 5.99. The van der Waals surface area contributed by atoms with Gasteiger partial charge in [-0.25, -0.2) is 4.68 Å². The third kappa shape index (κ3) is 4.17. The minimum atomic E-state index is -0.104. The molecule has 0 bridgehead atoms. The largest absolute Gasteiger partial charge is 0.486 e. The smallest absolute Gasteiger partial charge is 0.258 e. The number of rotatable bonds is 6. The number of pyridine rings is 1. The fourth-order valence-electron chi connectivity index (χ4n) is 3.92. The van der Waals surface area contributed by atoms with Gasteiger partial charge in [0.25, 0.3) is 5.91 Å². The van der Waals surface area contributed by atoms with Crippen LogP contribution in [0.15, 0.2) is 79.3 Å². The van der Waals surface area contributed by atoms with E-state index in [2.05, 4.69) is 4.98 Å². The fraction of sp³-hybridized carbons (Fsp3) is 0.192. The maximum absolute atomic E-state index is 13.8. The molecule has 0 aliphatic carbocycles. The second-order valence-corrected chi connectivity index (χ2v) is 7.67. The van der Waals surface area contributed by atoms with Crippen molar-refractivity contribution in [3.05, 3.63) is 90.4 Å². The number of para-hydroxylation sites is 2. The van der Waals surface area contributed by atoms with Gasteiger partial charge in [0.15, 0.2) is 11.5 Å². The van der Waals surface area contributed by atoms with Gasteiger partial charge in [-0.15, -0.1) is 0 Å². The first-order chi connectivity index (χ1) is 16.2. The number of benzene rings is 2. The molecule has 0 unspecified atom stereocenters. The van der Waals surface area contributed by atoms with Gasteiger partial charge >= 0.3 is 0 Å². The van der Waals surface area contributed by atoms with E-state index in [1.165, 1.54) is 0 Å². The van der Waals surface area contributed by atoms with Gasteiger partial charge in [0.2, 0.25) is 0 Å². The maximum Gasteiger partial charge on any atom is 0.258 e. The van der Waals surface area contributed by atoms with Crippen molar-refractivity contribution in [1.29, 1.82) is 0 Å². The number of ether oxygens (including phenoxy) is 2. The Labute approximate surface area is 192 Å². The molecule has 166 valence electrons. The Hall–Kier alpha value is -4.13. The second-order valence-electron chi connectivity index (χ2n) is 7.67. The standard InChI is InChI=1S/C26H24N4O3/c1-2-29(17-20-8-6-12-23-25(20)33-15-14-32-23)26(31)22-18-30(21-10-4-3-5-11-21)28-24(22)19-9-7-13-27-16-19/h3-13,16,18H,2,14-15,17H2,1H3. The van der Waals surface area contributed by atoms with Crippen molar-refractivity contribution in [1.82, 2.24) is 19.7 Å². The molecule has 0 saturated heterocycles. The van der Waals surface area contributed by atoms with Gasteiger partial charge in [0.1, 0.15) is 18.9 Å². The van der Waals surface area contributed by atoms with E-state index in [1.807, 2.05) is 67.6 Å². The van der Waals surface area contributed by atoms with Crippen molar-refractivity contribution in [3.63, 3.8) is 0 Å². The monoisotopic (exact) mass is 440 g/mol. The van der Waals surface area contributed by atoms with Gasteiger partial charge in [0, 0.05) is 42.8 Å². The van der Waals surface area contributed by atoms with E-state index in [0.717, 1.165) is 22.6 Å². The predicted molar refractivity (Wildman–Crippen MR) is 125 cm³/mol. The number of fused-ring (bicyclic) bond motifs is 1. The predicted octanol–water partition coefficient (Wildman–Crippen LogP) is 4.37. The van der Waals surface area contributed by atoms with Crippen molar-refractivity contribution in [2.24, 2.45) is 0 Å². The molecule has 2 aromatic heterocycles. The van der Waals surface area contributed by atoms with Crippen molar-refractivity contribution >= 4 is 5.91 Å². The summed E-state index contributed by atoms with van der Waals surface area (Å²) in [5.74, 6) is 1.32. The zero-order valence-electron chi connectivity index (χ0n) is 18.3. The van der Waals surface area contributed by atoms with Crippen molar-refractivity contribution in [2.45, 2.75) is 13.5 Å². The lowest BCUT2D eigenvalue weighted by Gasteiger charge is -2.25. The summed E-state index contributed by atoms with van der Waals surface area (Å²) in [4.78, 5) is 19.8. The molecule has 0 spiro atoms. The summed E-state index contributed by atoms with van der Waals surface area (Å²) in [6, 6.07) is 19.3. The van der Waals surface area contributed by atoms with Crippen LogP contribution in [0.4, 0.5) is 0 Å². The lowest BCUT2D eigenvalue weighted by molar-refractivity contribution is 0.0750. The van der Waals surface area contributed by atoms with Crippen LogP contribution in [0.5, 0.6) is 11.5 Å². The summed E-state index contributed by atoms with van der Waals surface area (Å²) in [5.41, 5.74) is 3.72. The highest BCUT2D eigenvalue weighted by atomic mass is 16.6. The van der Waals surface area contributed by atoms with Gasteiger partial charge in [0.05, 0.1) is 11.3 Å². The molecular weight excluding hydrogens is 416 g/mol. The first-order valence-corrected chi connectivity index (χ1v) is 11.0. The zero-order valence-corrected chi connectivity index (χ0v) is 18.3. The van der Waals surface area contributed by atoms with E-state index in [9.17, 15) is 4.79 Å². The van der Waals surface area contributed by atoms with Crippen LogP contribution in [0.25, 0.3) is 16.9 Å². The first kappa shape index (κ1) is 20.8. The van der Waals surface area contributed by atoms with E-state index in [-0.39, 0.29) is 5.91 Å². The Morgan fingerprint density at radius 1 is 1.03 bits per heavy atom. The molecule has 1 aliphatic rings. The lowest BCUT2D eigenvalue weighted by atomic mass is 10.1. The molecular formula is C26H24N4O3. The summed E-state index contributed by atoms with van der Waals surface area (Å²) in [6.07, 6.45) is 5.23.